The molecule has 2 aromatic carbocycles. The normalized spacial score (nSPS) is 11.1. The predicted molar refractivity (Wildman–Crippen MR) is 89.6 cm³/mol. The standard InChI is InChI=1S/C20H24O/c1-14(2)13-16-5-7-17(8-6-16)18-9-11-19(12-10-18)20(21)15(3)4/h5-12,14-15H,13H2,1-4H3. The molecule has 0 aliphatic rings. The number of rotatable bonds is 5. The zero-order chi connectivity index (χ0) is 15.4. The van der Waals surface area contributed by atoms with Gasteiger partial charge < -0.3 is 0 Å². The number of hydrogen-bond acceptors (Lipinski definition) is 1. The average molecular weight is 280 g/mol. The molecule has 0 aliphatic heterocycles. The molecule has 2 rings (SSSR count). The van der Waals surface area contributed by atoms with Gasteiger partial charge in [-0.15, -0.1) is 0 Å². The largest absolute Gasteiger partial charge is 0.294 e. The molecule has 0 radical (unpaired) electrons. The van der Waals surface area contributed by atoms with Crippen LogP contribution in [-0.2, 0) is 6.42 Å². The van der Waals surface area contributed by atoms with Gasteiger partial charge in [0.15, 0.2) is 5.78 Å². The Morgan fingerprint density at radius 3 is 1.71 bits per heavy atom. The van der Waals surface area contributed by atoms with Gasteiger partial charge in [0.2, 0.25) is 0 Å². The summed E-state index contributed by atoms with van der Waals surface area (Å²) in [5, 5.41) is 0. The Bertz CT molecular complexity index is 589. The van der Waals surface area contributed by atoms with Crippen LogP contribution >= 0.6 is 0 Å². The number of ketones is 1. The van der Waals surface area contributed by atoms with E-state index in [9.17, 15) is 4.79 Å². The topological polar surface area (TPSA) is 17.1 Å². The summed E-state index contributed by atoms with van der Waals surface area (Å²) >= 11 is 0. The average Bonchev–Trinajstić information content (AvgIpc) is 2.47. The number of benzene rings is 2. The van der Waals surface area contributed by atoms with Crippen LogP contribution in [0.4, 0.5) is 0 Å². The third-order valence-electron chi connectivity index (χ3n) is 3.63. The van der Waals surface area contributed by atoms with E-state index in [0.717, 1.165) is 17.5 Å². The van der Waals surface area contributed by atoms with Crippen LogP contribution in [0.5, 0.6) is 0 Å². The van der Waals surface area contributed by atoms with Crippen molar-refractivity contribution in [1.82, 2.24) is 0 Å². The van der Waals surface area contributed by atoms with E-state index >= 15 is 0 Å². The smallest absolute Gasteiger partial charge is 0.165 e. The minimum atomic E-state index is 0.0474. The second-order valence-corrected chi connectivity index (χ2v) is 6.39. The summed E-state index contributed by atoms with van der Waals surface area (Å²) in [5.74, 6) is 0.928. The monoisotopic (exact) mass is 280 g/mol. The zero-order valence-electron chi connectivity index (χ0n) is 13.4. The van der Waals surface area contributed by atoms with Crippen LogP contribution in [0.3, 0.4) is 0 Å². The van der Waals surface area contributed by atoms with Gasteiger partial charge in [0, 0.05) is 11.5 Å². The Kier molecular flexibility index (Phi) is 4.95. The summed E-state index contributed by atoms with van der Waals surface area (Å²) in [4.78, 5) is 11.9. The molecule has 0 spiro atoms. The second-order valence-electron chi connectivity index (χ2n) is 6.39. The van der Waals surface area contributed by atoms with Crippen molar-refractivity contribution < 1.29 is 4.79 Å². The Balaban J connectivity index is 2.17. The van der Waals surface area contributed by atoms with E-state index in [4.69, 9.17) is 0 Å². The minimum absolute atomic E-state index is 0.0474. The third kappa shape index (κ3) is 4.04. The quantitative estimate of drug-likeness (QED) is 0.671. The van der Waals surface area contributed by atoms with Crippen molar-refractivity contribution in [2.75, 3.05) is 0 Å². The molecule has 0 N–H and O–H groups in total. The molecule has 0 fully saturated rings. The van der Waals surface area contributed by atoms with Gasteiger partial charge in [-0.3, -0.25) is 4.79 Å². The molecular weight excluding hydrogens is 256 g/mol. The molecule has 0 saturated carbocycles. The molecule has 110 valence electrons. The van der Waals surface area contributed by atoms with E-state index in [1.807, 2.05) is 38.1 Å². The lowest BCUT2D eigenvalue weighted by Crippen LogP contribution is -2.06. The molecule has 0 unspecified atom stereocenters. The first-order chi connectivity index (χ1) is 9.97. The minimum Gasteiger partial charge on any atom is -0.294 e. The zero-order valence-corrected chi connectivity index (χ0v) is 13.4. The number of carbonyl (C=O) groups excluding carboxylic acids is 1. The first kappa shape index (κ1) is 15.5. The summed E-state index contributed by atoms with van der Waals surface area (Å²) in [6, 6.07) is 16.7. The maximum absolute atomic E-state index is 11.9. The van der Waals surface area contributed by atoms with Gasteiger partial charge in [0.05, 0.1) is 0 Å². The second kappa shape index (κ2) is 6.71. The van der Waals surface area contributed by atoms with Crippen molar-refractivity contribution in [2.24, 2.45) is 11.8 Å². The van der Waals surface area contributed by atoms with E-state index in [2.05, 4.69) is 38.1 Å². The van der Waals surface area contributed by atoms with E-state index in [1.54, 1.807) is 0 Å². The molecule has 0 saturated heterocycles. The van der Waals surface area contributed by atoms with Crippen LogP contribution in [-0.4, -0.2) is 5.78 Å². The first-order valence-corrected chi connectivity index (χ1v) is 7.71. The van der Waals surface area contributed by atoms with Gasteiger partial charge in [0.25, 0.3) is 0 Å². The highest BCUT2D eigenvalue weighted by Gasteiger charge is 2.10. The lowest BCUT2D eigenvalue weighted by molar-refractivity contribution is 0.0939. The highest BCUT2D eigenvalue weighted by Crippen LogP contribution is 2.22. The Labute approximate surface area is 128 Å². The van der Waals surface area contributed by atoms with Crippen molar-refractivity contribution in [3.8, 4) is 11.1 Å². The van der Waals surface area contributed by atoms with E-state index in [0.29, 0.717) is 5.92 Å². The fourth-order valence-electron chi connectivity index (χ4n) is 2.46. The van der Waals surface area contributed by atoms with E-state index < -0.39 is 0 Å². The maximum atomic E-state index is 11.9. The molecule has 0 heterocycles. The Morgan fingerprint density at radius 1 is 0.810 bits per heavy atom. The first-order valence-electron chi connectivity index (χ1n) is 7.71. The SMILES string of the molecule is CC(C)Cc1ccc(-c2ccc(C(=O)C(C)C)cc2)cc1. The lowest BCUT2D eigenvalue weighted by Gasteiger charge is -2.08. The number of Topliss-reactive ketones (excluding diaryl/α,β-unsaturated/α-hetero) is 1. The van der Waals surface area contributed by atoms with Crippen LogP contribution in [0.2, 0.25) is 0 Å². The summed E-state index contributed by atoms with van der Waals surface area (Å²) in [6.07, 6.45) is 1.11. The molecule has 1 heteroatoms. The lowest BCUT2D eigenvalue weighted by atomic mass is 9.96. The van der Waals surface area contributed by atoms with Crippen molar-refractivity contribution in [3.05, 3.63) is 59.7 Å². The van der Waals surface area contributed by atoms with Crippen LogP contribution in [0.15, 0.2) is 48.5 Å². The number of hydrogen-bond donors (Lipinski definition) is 0. The van der Waals surface area contributed by atoms with Gasteiger partial charge in [-0.05, 0) is 29.0 Å². The molecule has 0 aliphatic carbocycles. The van der Waals surface area contributed by atoms with Crippen molar-refractivity contribution >= 4 is 5.78 Å². The van der Waals surface area contributed by atoms with E-state index in [-0.39, 0.29) is 11.7 Å². The highest BCUT2D eigenvalue weighted by molar-refractivity contribution is 5.97. The van der Waals surface area contributed by atoms with Gasteiger partial charge in [-0.25, -0.2) is 0 Å². The molecule has 0 aromatic heterocycles. The molecule has 0 atom stereocenters. The van der Waals surface area contributed by atoms with Gasteiger partial charge >= 0.3 is 0 Å². The Morgan fingerprint density at radius 2 is 1.29 bits per heavy atom. The van der Waals surface area contributed by atoms with Crippen LogP contribution in [0.1, 0.15) is 43.6 Å². The predicted octanol–water partition coefficient (Wildman–Crippen LogP) is 5.39. The van der Waals surface area contributed by atoms with Gasteiger partial charge in [0.1, 0.15) is 0 Å². The summed E-state index contributed by atoms with van der Waals surface area (Å²) < 4.78 is 0. The fraction of sp³-hybridized carbons (Fsp3) is 0.350. The van der Waals surface area contributed by atoms with Crippen LogP contribution < -0.4 is 0 Å². The third-order valence-corrected chi connectivity index (χ3v) is 3.63. The molecular formula is C20H24O. The van der Waals surface area contributed by atoms with Gasteiger partial charge in [-0.1, -0.05) is 76.2 Å². The summed E-state index contributed by atoms with van der Waals surface area (Å²) in [7, 11) is 0. The van der Waals surface area contributed by atoms with Crippen molar-refractivity contribution in [2.45, 2.75) is 34.1 Å². The van der Waals surface area contributed by atoms with Crippen molar-refractivity contribution in [3.63, 3.8) is 0 Å². The highest BCUT2D eigenvalue weighted by atomic mass is 16.1. The fourth-order valence-corrected chi connectivity index (χ4v) is 2.46. The summed E-state index contributed by atoms with van der Waals surface area (Å²) in [6.45, 7) is 8.34. The van der Waals surface area contributed by atoms with E-state index in [1.165, 1.54) is 11.1 Å². The molecule has 1 nitrogen and oxygen atoms in total. The maximum Gasteiger partial charge on any atom is 0.165 e. The van der Waals surface area contributed by atoms with Crippen LogP contribution in [0.25, 0.3) is 11.1 Å². The molecule has 0 amide bonds. The summed E-state index contributed by atoms with van der Waals surface area (Å²) in [5.41, 5.74) is 4.53. The molecule has 2 aromatic rings. The number of carbonyl (C=O) groups is 1. The van der Waals surface area contributed by atoms with Crippen LogP contribution in [0, 0.1) is 11.8 Å². The molecule has 0 bridgehead atoms. The molecule has 21 heavy (non-hydrogen) atoms. The Hall–Kier alpha value is -1.89. The van der Waals surface area contributed by atoms with Crippen molar-refractivity contribution in [1.29, 1.82) is 0 Å². The van der Waals surface area contributed by atoms with Gasteiger partial charge in [-0.2, -0.15) is 0 Å².